The fourth-order valence-electron chi connectivity index (χ4n) is 1.93. The molecule has 2 nitrogen and oxygen atoms in total. The monoisotopic (exact) mass is 373 g/mol. The van der Waals surface area contributed by atoms with Crippen LogP contribution in [-0.2, 0) is 13.2 Å². The molecule has 5 heteroatoms. The quantitative estimate of drug-likeness (QED) is 0.705. The summed E-state index contributed by atoms with van der Waals surface area (Å²) >= 11 is 12.0. The molecule has 0 saturated carbocycles. The number of rotatable bonds is 5. The minimum atomic E-state index is 0. The van der Waals surface area contributed by atoms with Gasteiger partial charge in [0.2, 0.25) is 0 Å². The van der Waals surface area contributed by atoms with E-state index >= 15 is 0 Å². The van der Waals surface area contributed by atoms with Gasteiger partial charge in [0.25, 0.3) is 0 Å². The molecule has 0 unspecified atom stereocenters. The number of ether oxygens (including phenoxy) is 1. The summed E-state index contributed by atoms with van der Waals surface area (Å²) in [7, 11) is 0. The van der Waals surface area contributed by atoms with Crippen LogP contribution >= 0.6 is 35.6 Å². The molecule has 0 fully saturated rings. The number of hydrogen-bond donors (Lipinski definition) is 1. The van der Waals surface area contributed by atoms with Gasteiger partial charge in [0.05, 0.1) is 0 Å². The highest BCUT2D eigenvalue weighted by atomic mass is 35.5. The third kappa shape index (κ3) is 7.01. The first-order chi connectivity index (χ1) is 10.3. The molecule has 0 aliphatic heterocycles. The molecule has 2 aromatic carbocycles. The van der Waals surface area contributed by atoms with Crippen LogP contribution < -0.4 is 10.1 Å². The normalized spacial score (nSPS) is 11.0. The fraction of sp³-hybridized carbons (Fsp3) is 0.333. The summed E-state index contributed by atoms with van der Waals surface area (Å²) in [6, 6.07) is 13.4. The number of halogens is 3. The van der Waals surface area contributed by atoms with Crippen LogP contribution in [0.15, 0.2) is 42.5 Å². The van der Waals surface area contributed by atoms with Crippen LogP contribution in [0.4, 0.5) is 0 Å². The molecular formula is C18H22Cl3NO. The first-order valence-corrected chi connectivity index (χ1v) is 8.00. The summed E-state index contributed by atoms with van der Waals surface area (Å²) in [4.78, 5) is 0. The Morgan fingerprint density at radius 1 is 0.957 bits per heavy atom. The van der Waals surface area contributed by atoms with Crippen LogP contribution in [0.2, 0.25) is 10.0 Å². The summed E-state index contributed by atoms with van der Waals surface area (Å²) in [6.45, 7) is 7.60. The van der Waals surface area contributed by atoms with E-state index in [4.69, 9.17) is 27.9 Å². The minimum absolute atomic E-state index is 0. The molecule has 0 bridgehead atoms. The van der Waals surface area contributed by atoms with Crippen molar-refractivity contribution in [1.29, 1.82) is 0 Å². The van der Waals surface area contributed by atoms with E-state index in [1.54, 1.807) is 0 Å². The molecule has 0 spiro atoms. The van der Waals surface area contributed by atoms with Crippen molar-refractivity contribution in [3.05, 3.63) is 63.6 Å². The molecule has 0 aliphatic carbocycles. The van der Waals surface area contributed by atoms with Gasteiger partial charge < -0.3 is 10.1 Å². The highest BCUT2D eigenvalue weighted by Gasteiger charge is 2.11. The van der Waals surface area contributed by atoms with Crippen LogP contribution in [0.1, 0.15) is 31.9 Å². The first kappa shape index (κ1) is 20.1. The number of benzene rings is 2. The van der Waals surface area contributed by atoms with Crippen molar-refractivity contribution < 1.29 is 4.74 Å². The van der Waals surface area contributed by atoms with Crippen molar-refractivity contribution >= 4 is 35.6 Å². The van der Waals surface area contributed by atoms with E-state index in [9.17, 15) is 0 Å². The average Bonchev–Trinajstić information content (AvgIpc) is 2.45. The zero-order valence-electron chi connectivity index (χ0n) is 13.5. The van der Waals surface area contributed by atoms with E-state index in [1.165, 1.54) is 0 Å². The topological polar surface area (TPSA) is 21.3 Å². The number of nitrogens with one attached hydrogen (secondary N) is 1. The van der Waals surface area contributed by atoms with Crippen LogP contribution in [0.3, 0.4) is 0 Å². The van der Waals surface area contributed by atoms with Gasteiger partial charge in [-0.1, -0.05) is 35.3 Å². The second-order valence-electron chi connectivity index (χ2n) is 6.27. The summed E-state index contributed by atoms with van der Waals surface area (Å²) in [5.74, 6) is 0.844. The maximum Gasteiger partial charge on any atom is 0.124 e. The Labute approximate surface area is 154 Å². The Kier molecular flexibility index (Phi) is 7.69. The molecule has 0 aromatic heterocycles. The molecule has 1 N–H and O–H groups in total. The van der Waals surface area contributed by atoms with Crippen molar-refractivity contribution in [3.8, 4) is 5.75 Å². The van der Waals surface area contributed by atoms with Crippen LogP contribution in [0.25, 0.3) is 0 Å². The van der Waals surface area contributed by atoms with Crippen molar-refractivity contribution in [2.45, 2.75) is 39.5 Å². The Morgan fingerprint density at radius 3 is 2.17 bits per heavy atom. The lowest BCUT2D eigenvalue weighted by Crippen LogP contribution is -2.35. The standard InChI is InChI=1S/C18H21Cl2NO.ClH/c1-18(2,3)21-11-14-10-16(20)8-9-17(14)22-12-13-4-6-15(19)7-5-13;/h4-10,21H,11-12H2,1-3H3;1H. The molecule has 2 aromatic rings. The second-order valence-corrected chi connectivity index (χ2v) is 7.14. The zero-order chi connectivity index (χ0) is 16.2. The van der Waals surface area contributed by atoms with Gasteiger partial charge >= 0.3 is 0 Å². The largest absolute Gasteiger partial charge is 0.489 e. The van der Waals surface area contributed by atoms with Gasteiger partial charge in [-0.15, -0.1) is 12.4 Å². The summed E-state index contributed by atoms with van der Waals surface area (Å²) in [5, 5.41) is 4.90. The SMILES string of the molecule is CC(C)(C)NCc1cc(Cl)ccc1OCc1ccc(Cl)cc1.Cl. The predicted octanol–water partition coefficient (Wildman–Crippen LogP) is 5.88. The predicted molar refractivity (Wildman–Crippen MR) is 101 cm³/mol. The van der Waals surface area contributed by atoms with Gasteiger partial charge in [0.15, 0.2) is 0 Å². The lowest BCUT2D eigenvalue weighted by Gasteiger charge is -2.22. The zero-order valence-corrected chi connectivity index (χ0v) is 15.9. The molecule has 126 valence electrons. The van der Waals surface area contributed by atoms with E-state index in [0.29, 0.717) is 18.2 Å². The maximum atomic E-state index is 6.10. The van der Waals surface area contributed by atoms with Crippen molar-refractivity contribution in [2.75, 3.05) is 0 Å². The molecule has 0 radical (unpaired) electrons. The van der Waals surface area contributed by atoms with Gasteiger partial charge in [-0.05, 0) is 56.7 Å². The van der Waals surface area contributed by atoms with Gasteiger partial charge in [-0.3, -0.25) is 0 Å². The van der Waals surface area contributed by atoms with Gasteiger partial charge in [0.1, 0.15) is 12.4 Å². The van der Waals surface area contributed by atoms with Gasteiger partial charge in [-0.25, -0.2) is 0 Å². The third-order valence-corrected chi connectivity index (χ3v) is 3.63. The number of hydrogen-bond acceptors (Lipinski definition) is 2. The third-order valence-electron chi connectivity index (χ3n) is 3.14. The van der Waals surface area contributed by atoms with Crippen LogP contribution in [0.5, 0.6) is 5.75 Å². The molecule has 0 aliphatic rings. The Balaban J connectivity index is 0.00000264. The maximum absolute atomic E-state index is 6.10. The van der Waals surface area contributed by atoms with Crippen molar-refractivity contribution in [2.24, 2.45) is 0 Å². The van der Waals surface area contributed by atoms with Gasteiger partial charge in [0, 0.05) is 27.7 Å². The molecule has 0 atom stereocenters. The summed E-state index contributed by atoms with van der Waals surface area (Å²) in [5.41, 5.74) is 2.17. The van der Waals surface area contributed by atoms with Crippen LogP contribution in [0, 0.1) is 0 Å². The highest BCUT2D eigenvalue weighted by molar-refractivity contribution is 6.30. The molecule has 2 rings (SSSR count). The lowest BCUT2D eigenvalue weighted by atomic mass is 10.1. The van der Waals surface area contributed by atoms with E-state index in [-0.39, 0.29) is 17.9 Å². The summed E-state index contributed by atoms with van der Waals surface area (Å²) in [6.07, 6.45) is 0. The first-order valence-electron chi connectivity index (χ1n) is 7.24. The Hall–Kier alpha value is -0.930. The summed E-state index contributed by atoms with van der Waals surface area (Å²) < 4.78 is 5.94. The molecule has 0 saturated heterocycles. The second kappa shape index (κ2) is 8.79. The van der Waals surface area contributed by atoms with Crippen LogP contribution in [-0.4, -0.2) is 5.54 Å². The van der Waals surface area contributed by atoms with E-state index in [1.807, 2.05) is 42.5 Å². The van der Waals surface area contributed by atoms with Crippen molar-refractivity contribution in [3.63, 3.8) is 0 Å². The lowest BCUT2D eigenvalue weighted by molar-refractivity contribution is 0.300. The molecular weight excluding hydrogens is 353 g/mol. The van der Waals surface area contributed by atoms with Crippen molar-refractivity contribution in [1.82, 2.24) is 5.32 Å². The van der Waals surface area contributed by atoms with E-state index in [2.05, 4.69) is 26.1 Å². The highest BCUT2D eigenvalue weighted by Crippen LogP contribution is 2.24. The van der Waals surface area contributed by atoms with E-state index in [0.717, 1.165) is 21.9 Å². The Bertz CT molecular complexity index is 621. The minimum Gasteiger partial charge on any atom is -0.489 e. The average molecular weight is 375 g/mol. The van der Waals surface area contributed by atoms with E-state index < -0.39 is 0 Å². The van der Waals surface area contributed by atoms with Gasteiger partial charge in [-0.2, -0.15) is 0 Å². The fourth-order valence-corrected chi connectivity index (χ4v) is 2.25. The smallest absolute Gasteiger partial charge is 0.124 e. The molecule has 0 amide bonds. The Morgan fingerprint density at radius 2 is 1.57 bits per heavy atom. The molecule has 0 heterocycles. The molecule has 23 heavy (non-hydrogen) atoms.